The minimum absolute atomic E-state index is 0.295. The van der Waals surface area contributed by atoms with Crippen LogP contribution >= 0.6 is 11.3 Å². The second kappa shape index (κ2) is 8.96. The van der Waals surface area contributed by atoms with Crippen molar-refractivity contribution in [1.82, 2.24) is 14.5 Å². The molecule has 166 valence electrons. The number of anilines is 1. The van der Waals surface area contributed by atoms with Crippen molar-refractivity contribution in [2.45, 2.75) is 26.8 Å². The number of ether oxygens (including phenoxy) is 1. The monoisotopic (exact) mass is 454 g/mol. The lowest BCUT2D eigenvalue weighted by molar-refractivity contribution is 0.0701. The number of carbonyl (C=O) groups is 1. The van der Waals surface area contributed by atoms with E-state index in [2.05, 4.69) is 15.3 Å². The Morgan fingerprint density at radius 1 is 1.28 bits per heavy atom. The summed E-state index contributed by atoms with van der Waals surface area (Å²) < 4.78 is 21.8. The van der Waals surface area contributed by atoms with Crippen LogP contribution in [0.15, 0.2) is 36.7 Å². The minimum atomic E-state index is -0.927. The van der Waals surface area contributed by atoms with Gasteiger partial charge in [0.2, 0.25) is 0 Å². The zero-order chi connectivity index (χ0) is 22.8. The van der Waals surface area contributed by atoms with Crippen molar-refractivity contribution < 1.29 is 19.0 Å². The SMILES string of the molecule is CCc1cc(-c2cc(NCCn3c(C)cc4c(OC)ccc(F)c43)ncn2)sc1C(=O)O. The summed E-state index contributed by atoms with van der Waals surface area (Å²) in [7, 11) is 1.57. The zero-order valence-corrected chi connectivity index (χ0v) is 18.8. The van der Waals surface area contributed by atoms with Gasteiger partial charge in [-0.2, -0.15) is 0 Å². The first-order valence-corrected chi connectivity index (χ1v) is 11.0. The zero-order valence-electron chi connectivity index (χ0n) is 18.0. The Morgan fingerprint density at radius 3 is 2.78 bits per heavy atom. The van der Waals surface area contributed by atoms with Gasteiger partial charge in [-0.15, -0.1) is 11.3 Å². The predicted octanol–water partition coefficient (Wildman–Crippen LogP) is 4.99. The lowest BCUT2D eigenvalue weighted by Gasteiger charge is -2.11. The Bertz CT molecular complexity index is 1300. The van der Waals surface area contributed by atoms with Gasteiger partial charge in [0.25, 0.3) is 0 Å². The van der Waals surface area contributed by atoms with Crippen molar-refractivity contribution >= 4 is 34.0 Å². The van der Waals surface area contributed by atoms with Crippen LogP contribution in [0.2, 0.25) is 0 Å². The standard InChI is InChI=1S/C23H23FN4O3S/c1-4-14-10-19(32-22(14)23(29)30)17-11-20(27-12-26-17)25-7-8-28-13(2)9-15-18(31-3)6-5-16(24)21(15)28/h5-6,9-12H,4,7-8H2,1-3H3,(H,29,30)(H,25,26,27). The van der Waals surface area contributed by atoms with Gasteiger partial charge in [-0.25, -0.2) is 19.2 Å². The molecule has 0 radical (unpaired) electrons. The first-order chi connectivity index (χ1) is 15.4. The summed E-state index contributed by atoms with van der Waals surface area (Å²) in [4.78, 5) is 21.1. The van der Waals surface area contributed by atoms with Crippen LogP contribution in [0.4, 0.5) is 10.2 Å². The summed E-state index contributed by atoms with van der Waals surface area (Å²) >= 11 is 1.21. The quantitative estimate of drug-likeness (QED) is 0.390. The van der Waals surface area contributed by atoms with Crippen LogP contribution in [-0.2, 0) is 13.0 Å². The molecule has 4 rings (SSSR count). The molecule has 1 aromatic carbocycles. The maximum Gasteiger partial charge on any atom is 0.346 e. The number of hydrogen-bond acceptors (Lipinski definition) is 6. The van der Waals surface area contributed by atoms with E-state index in [0.717, 1.165) is 21.5 Å². The molecule has 0 aliphatic heterocycles. The number of carboxylic acid groups (broad SMARTS) is 1. The fourth-order valence-corrected chi connectivity index (χ4v) is 4.85. The highest BCUT2D eigenvalue weighted by Gasteiger charge is 2.17. The molecule has 4 aromatic rings. The van der Waals surface area contributed by atoms with Crippen molar-refractivity contribution in [3.8, 4) is 16.3 Å². The number of aromatic nitrogens is 3. The summed E-state index contributed by atoms with van der Waals surface area (Å²) in [6.45, 7) is 4.91. The van der Waals surface area contributed by atoms with Crippen molar-refractivity contribution in [3.63, 3.8) is 0 Å². The van der Waals surface area contributed by atoms with Crippen LogP contribution in [0.5, 0.6) is 5.75 Å². The fraction of sp³-hybridized carbons (Fsp3) is 0.261. The average Bonchev–Trinajstić information content (AvgIpc) is 3.36. The molecule has 3 heterocycles. The second-order valence-corrected chi connectivity index (χ2v) is 8.34. The van der Waals surface area contributed by atoms with Crippen molar-refractivity contribution in [2.75, 3.05) is 19.0 Å². The Labute approximate surface area is 188 Å². The van der Waals surface area contributed by atoms with Gasteiger partial charge in [-0.05, 0) is 43.2 Å². The number of hydrogen-bond donors (Lipinski definition) is 2. The molecule has 0 aliphatic carbocycles. The van der Waals surface area contributed by atoms with Crippen LogP contribution in [-0.4, -0.2) is 39.3 Å². The maximum atomic E-state index is 14.5. The van der Waals surface area contributed by atoms with Crippen LogP contribution in [0.1, 0.15) is 27.9 Å². The third kappa shape index (κ3) is 4.03. The van der Waals surface area contributed by atoms with E-state index >= 15 is 0 Å². The van der Waals surface area contributed by atoms with Gasteiger partial charge in [0.15, 0.2) is 0 Å². The van der Waals surface area contributed by atoms with E-state index < -0.39 is 5.97 Å². The van der Waals surface area contributed by atoms with E-state index in [0.29, 0.717) is 47.2 Å². The number of rotatable bonds is 8. The van der Waals surface area contributed by atoms with E-state index in [-0.39, 0.29) is 5.82 Å². The van der Waals surface area contributed by atoms with E-state index in [9.17, 15) is 14.3 Å². The Morgan fingerprint density at radius 2 is 2.09 bits per heavy atom. The number of nitrogens with zero attached hydrogens (tertiary/aromatic N) is 3. The normalized spacial score (nSPS) is 11.1. The van der Waals surface area contributed by atoms with E-state index in [1.165, 1.54) is 23.7 Å². The summed E-state index contributed by atoms with van der Waals surface area (Å²) in [6.07, 6.45) is 2.09. The number of methoxy groups -OCH3 is 1. The van der Waals surface area contributed by atoms with Gasteiger partial charge in [-0.3, -0.25) is 0 Å². The summed E-state index contributed by atoms with van der Waals surface area (Å²) in [6, 6.07) is 8.62. The van der Waals surface area contributed by atoms with E-state index in [1.54, 1.807) is 19.2 Å². The molecular formula is C23H23FN4O3S. The van der Waals surface area contributed by atoms with Gasteiger partial charge >= 0.3 is 5.97 Å². The average molecular weight is 455 g/mol. The Hall–Kier alpha value is -3.46. The molecule has 0 bridgehead atoms. The number of fused-ring (bicyclic) bond motifs is 1. The predicted molar refractivity (Wildman–Crippen MR) is 123 cm³/mol. The maximum absolute atomic E-state index is 14.5. The van der Waals surface area contributed by atoms with Gasteiger partial charge in [0, 0.05) is 30.2 Å². The molecule has 0 amide bonds. The highest BCUT2D eigenvalue weighted by Crippen LogP contribution is 2.32. The molecule has 9 heteroatoms. The molecule has 0 saturated heterocycles. The van der Waals surface area contributed by atoms with Crippen molar-refractivity contribution in [2.24, 2.45) is 0 Å². The largest absolute Gasteiger partial charge is 0.496 e. The van der Waals surface area contributed by atoms with Crippen molar-refractivity contribution in [1.29, 1.82) is 0 Å². The van der Waals surface area contributed by atoms with Crippen LogP contribution in [0.25, 0.3) is 21.5 Å². The molecule has 0 unspecified atom stereocenters. The third-order valence-electron chi connectivity index (χ3n) is 5.34. The highest BCUT2D eigenvalue weighted by atomic mass is 32.1. The number of aromatic carboxylic acids is 1. The summed E-state index contributed by atoms with van der Waals surface area (Å²) in [5.74, 6) is 0.0332. The van der Waals surface area contributed by atoms with Crippen LogP contribution < -0.4 is 10.1 Å². The first-order valence-electron chi connectivity index (χ1n) is 10.2. The molecule has 0 saturated carbocycles. The number of benzene rings is 1. The first kappa shape index (κ1) is 21.8. The smallest absolute Gasteiger partial charge is 0.346 e. The minimum Gasteiger partial charge on any atom is -0.496 e. The van der Waals surface area contributed by atoms with Gasteiger partial charge in [0.05, 0.1) is 23.2 Å². The molecule has 7 nitrogen and oxygen atoms in total. The molecule has 0 atom stereocenters. The topological polar surface area (TPSA) is 89.3 Å². The Balaban J connectivity index is 1.53. The molecular weight excluding hydrogens is 431 g/mol. The number of aryl methyl sites for hydroxylation is 2. The highest BCUT2D eigenvalue weighted by molar-refractivity contribution is 7.17. The number of carboxylic acids is 1. The molecule has 3 aromatic heterocycles. The molecule has 32 heavy (non-hydrogen) atoms. The summed E-state index contributed by atoms with van der Waals surface area (Å²) in [5, 5.41) is 13.4. The summed E-state index contributed by atoms with van der Waals surface area (Å²) in [5.41, 5.74) is 2.89. The van der Waals surface area contributed by atoms with Gasteiger partial charge in [0.1, 0.15) is 28.6 Å². The van der Waals surface area contributed by atoms with Crippen LogP contribution in [0.3, 0.4) is 0 Å². The third-order valence-corrected chi connectivity index (χ3v) is 6.53. The van der Waals surface area contributed by atoms with Gasteiger partial charge < -0.3 is 19.7 Å². The number of halogens is 1. The molecule has 0 aliphatic rings. The van der Waals surface area contributed by atoms with Crippen LogP contribution in [0, 0.1) is 12.7 Å². The molecule has 2 N–H and O–H groups in total. The van der Waals surface area contributed by atoms with Gasteiger partial charge in [-0.1, -0.05) is 6.92 Å². The lowest BCUT2D eigenvalue weighted by Crippen LogP contribution is -2.12. The van der Waals surface area contributed by atoms with E-state index in [4.69, 9.17) is 4.74 Å². The fourth-order valence-electron chi connectivity index (χ4n) is 3.79. The van der Waals surface area contributed by atoms with E-state index in [1.807, 2.05) is 30.5 Å². The molecule has 0 fully saturated rings. The lowest BCUT2D eigenvalue weighted by atomic mass is 10.2. The molecule has 0 spiro atoms. The Kier molecular flexibility index (Phi) is 6.09. The number of thiophene rings is 1. The van der Waals surface area contributed by atoms with Crippen molar-refractivity contribution in [3.05, 3.63) is 58.6 Å². The second-order valence-electron chi connectivity index (χ2n) is 7.29. The number of nitrogens with one attached hydrogen (secondary N) is 1.